The molecule has 1 fully saturated rings. The van der Waals surface area contributed by atoms with Gasteiger partial charge in [0.2, 0.25) is 5.82 Å². The summed E-state index contributed by atoms with van der Waals surface area (Å²) in [6, 6.07) is 16.9. The first kappa shape index (κ1) is 17.8. The molecule has 1 saturated carbocycles. The van der Waals surface area contributed by atoms with Gasteiger partial charge in [0.1, 0.15) is 5.82 Å². The Balaban J connectivity index is 1.61. The lowest BCUT2D eigenvalue weighted by atomic mass is 9.95. The van der Waals surface area contributed by atoms with Crippen LogP contribution in [0.2, 0.25) is 0 Å². The Morgan fingerprint density at radius 2 is 1.66 bits per heavy atom. The highest BCUT2D eigenvalue weighted by atomic mass is 19.1. The minimum absolute atomic E-state index is 0.169. The predicted octanol–water partition coefficient (Wildman–Crippen LogP) is 5.91. The van der Waals surface area contributed by atoms with Gasteiger partial charge in [-0.05, 0) is 25.0 Å². The van der Waals surface area contributed by atoms with Gasteiger partial charge in [0.15, 0.2) is 0 Å². The Hall–Kier alpha value is -3.28. The maximum absolute atomic E-state index is 14.1. The van der Waals surface area contributed by atoms with E-state index in [1.165, 1.54) is 25.3 Å². The SMILES string of the molecule is Fc1ccccc1-c1nc(-c2cnn(C3CCCCC3)c2-c2ccccc2)no1. The minimum atomic E-state index is -0.385. The molecule has 0 atom stereocenters. The maximum Gasteiger partial charge on any atom is 0.261 e. The van der Waals surface area contributed by atoms with Crippen LogP contribution < -0.4 is 0 Å². The predicted molar refractivity (Wildman–Crippen MR) is 108 cm³/mol. The third-order valence-electron chi connectivity index (χ3n) is 5.53. The van der Waals surface area contributed by atoms with Crippen LogP contribution in [-0.4, -0.2) is 19.9 Å². The number of nitrogens with zero attached hydrogens (tertiary/aromatic N) is 4. The van der Waals surface area contributed by atoms with Crippen molar-refractivity contribution in [2.75, 3.05) is 0 Å². The average molecular weight is 388 g/mol. The zero-order valence-corrected chi connectivity index (χ0v) is 16.0. The lowest BCUT2D eigenvalue weighted by molar-refractivity contribution is 0.332. The fourth-order valence-electron chi connectivity index (χ4n) is 4.09. The van der Waals surface area contributed by atoms with Gasteiger partial charge < -0.3 is 4.52 Å². The highest BCUT2D eigenvalue weighted by Crippen LogP contribution is 2.37. The number of aromatic nitrogens is 4. The molecule has 29 heavy (non-hydrogen) atoms. The number of halogens is 1. The molecule has 0 bridgehead atoms. The third kappa shape index (κ3) is 3.35. The molecule has 4 aromatic rings. The average Bonchev–Trinajstić information content (AvgIpc) is 3.43. The number of hydrogen-bond donors (Lipinski definition) is 0. The van der Waals surface area contributed by atoms with Crippen LogP contribution in [0.25, 0.3) is 34.1 Å². The maximum atomic E-state index is 14.1. The highest BCUT2D eigenvalue weighted by Gasteiger charge is 2.25. The highest BCUT2D eigenvalue weighted by molar-refractivity contribution is 5.78. The molecule has 2 heterocycles. The molecule has 0 radical (unpaired) electrons. The number of hydrogen-bond acceptors (Lipinski definition) is 4. The van der Waals surface area contributed by atoms with E-state index in [-0.39, 0.29) is 11.7 Å². The summed E-state index contributed by atoms with van der Waals surface area (Å²) < 4.78 is 21.6. The molecular weight excluding hydrogens is 367 g/mol. The Bertz CT molecular complexity index is 1110. The first-order chi connectivity index (χ1) is 14.3. The zero-order chi connectivity index (χ0) is 19.6. The first-order valence-electron chi connectivity index (χ1n) is 10.0. The van der Waals surface area contributed by atoms with Gasteiger partial charge in [-0.25, -0.2) is 4.39 Å². The van der Waals surface area contributed by atoms with Gasteiger partial charge in [-0.1, -0.05) is 66.9 Å². The molecule has 5 rings (SSSR count). The minimum Gasteiger partial charge on any atom is -0.334 e. The number of benzene rings is 2. The first-order valence-corrected chi connectivity index (χ1v) is 10.0. The van der Waals surface area contributed by atoms with Crippen LogP contribution >= 0.6 is 0 Å². The molecule has 1 aliphatic rings. The lowest BCUT2D eigenvalue weighted by Gasteiger charge is -2.24. The van der Waals surface area contributed by atoms with E-state index in [9.17, 15) is 4.39 Å². The molecule has 146 valence electrons. The Kier molecular flexibility index (Phi) is 4.68. The molecule has 1 aliphatic carbocycles. The number of rotatable bonds is 4. The van der Waals surface area contributed by atoms with E-state index in [4.69, 9.17) is 9.62 Å². The van der Waals surface area contributed by atoms with Gasteiger partial charge in [0, 0.05) is 5.56 Å². The molecule has 0 N–H and O–H groups in total. The molecule has 0 spiro atoms. The van der Waals surface area contributed by atoms with Crippen LogP contribution in [0, 0.1) is 5.82 Å². The second-order valence-electron chi connectivity index (χ2n) is 7.41. The molecule has 0 amide bonds. The Labute approximate surface area is 168 Å². The largest absolute Gasteiger partial charge is 0.334 e. The zero-order valence-electron chi connectivity index (χ0n) is 16.0. The van der Waals surface area contributed by atoms with Gasteiger partial charge >= 0.3 is 0 Å². The summed E-state index contributed by atoms with van der Waals surface area (Å²) in [7, 11) is 0. The van der Waals surface area contributed by atoms with E-state index in [1.807, 2.05) is 18.2 Å². The van der Waals surface area contributed by atoms with Gasteiger partial charge in [-0.15, -0.1) is 0 Å². The van der Waals surface area contributed by atoms with E-state index in [0.29, 0.717) is 17.4 Å². The van der Waals surface area contributed by atoms with Gasteiger partial charge in [-0.3, -0.25) is 4.68 Å². The summed E-state index contributed by atoms with van der Waals surface area (Å²) >= 11 is 0. The summed E-state index contributed by atoms with van der Waals surface area (Å²) in [5.74, 6) is 0.204. The van der Waals surface area contributed by atoms with Crippen molar-refractivity contribution in [3.63, 3.8) is 0 Å². The summed E-state index contributed by atoms with van der Waals surface area (Å²) in [6.45, 7) is 0. The quantitative estimate of drug-likeness (QED) is 0.436. The summed E-state index contributed by atoms with van der Waals surface area (Å²) in [4.78, 5) is 4.49. The molecule has 0 saturated heterocycles. The van der Waals surface area contributed by atoms with Crippen LogP contribution in [-0.2, 0) is 0 Å². The smallest absolute Gasteiger partial charge is 0.261 e. The van der Waals surface area contributed by atoms with Crippen LogP contribution in [0.15, 0.2) is 65.3 Å². The lowest BCUT2D eigenvalue weighted by Crippen LogP contribution is -2.15. The monoisotopic (exact) mass is 388 g/mol. The van der Waals surface area contributed by atoms with Gasteiger partial charge in [-0.2, -0.15) is 10.1 Å². The van der Waals surface area contributed by atoms with Crippen molar-refractivity contribution in [3.05, 3.63) is 66.6 Å². The van der Waals surface area contributed by atoms with Gasteiger partial charge in [0.05, 0.1) is 29.1 Å². The molecule has 6 heteroatoms. The summed E-state index contributed by atoms with van der Waals surface area (Å²) in [6.07, 6.45) is 7.75. The van der Waals surface area contributed by atoms with Crippen molar-refractivity contribution in [1.82, 2.24) is 19.9 Å². The van der Waals surface area contributed by atoms with E-state index >= 15 is 0 Å². The second-order valence-corrected chi connectivity index (χ2v) is 7.41. The Morgan fingerprint density at radius 1 is 0.897 bits per heavy atom. The molecule has 5 nitrogen and oxygen atoms in total. The fourth-order valence-corrected chi connectivity index (χ4v) is 4.09. The van der Waals surface area contributed by atoms with E-state index in [1.54, 1.807) is 24.4 Å². The van der Waals surface area contributed by atoms with Crippen molar-refractivity contribution in [2.45, 2.75) is 38.1 Å². The molecule has 2 aromatic heterocycles. The van der Waals surface area contributed by atoms with E-state index in [2.05, 4.69) is 27.0 Å². The molecule has 0 unspecified atom stereocenters. The summed E-state index contributed by atoms with van der Waals surface area (Å²) in [5.41, 5.74) is 3.14. The van der Waals surface area contributed by atoms with Crippen molar-refractivity contribution < 1.29 is 8.91 Å². The van der Waals surface area contributed by atoms with Crippen LogP contribution in [0.3, 0.4) is 0 Å². The molecular formula is C23H21FN4O. The van der Waals surface area contributed by atoms with Crippen molar-refractivity contribution >= 4 is 0 Å². The van der Waals surface area contributed by atoms with E-state index in [0.717, 1.165) is 29.7 Å². The standard InChI is InChI=1S/C23H21FN4O/c24-20-14-8-7-13-18(20)23-26-22(27-29-23)19-15-25-28(17-11-5-2-6-12-17)21(19)16-9-3-1-4-10-16/h1,3-4,7-10,13-15,17H,2,5-6,11-12H2. The van der Waals surface area contributed by atoms with Gasteiger partial charge in [0.25, 0.3) is 5.89 Å². The van der Waals surface area contributed by atoms with Crippen molar-refractivity contribution in [1.29, 1.82) is 0 Å². The third-order valence-corrected chi connectivity index (χ3v) is 5.53. The van der Waals surface area contributed by atoms with Crippen LogP contribution in [0.4, 0.5) is 4.39 Å². The normalized spacial score (nSPS) is 14.9. The van der Waals surface area contributed by atoms with E-state index < -0.39 is 0 Å². The van der Waals surface area contributed by atoms with Crippen LogP contribution in [0.5, 0.6) is 0 Å². The summed E-state index contributed by atoms with van der Waals surface area (Å²) in [5, 5.41) is 8.86. The van der Waals surface area contributed by atoms with Crippen molar-refractivity contribution in [3.8, 4) is 34.1 Å². The second kappa shape index (κ2) is 7.62. The fraction of sp³-hybridized carbons (Fsp3) is 0.261. The van der Waals surface area contributed by atoms with Crippen molar-refractivity contribution in [2.24, 2.45) is 0 Å². The van der Waals surface area contributed by atoms with Crippen LogP contribution in [0.1, 0.15) is 38.1 Å². The Morgan fingerprint density at radius 3 is 2.45 bits per heavy atom. The molecule has 0 aliphatic heterocycles. The topological polar surface area (TPSA) is 56.7 Å². The molecule has 2 aromatic carbocycles.